The van der Waals surface area contributed by atoms with Crippen molar-refractivity contribution in [2.45, 2.75) is 50.9 Å². The lowest BCUT2D eigenvalue weighted by Crippen LogP contribution is -2.55. The van der Waals surface area contributed by atoms with Gasteiger partial charge in [-0.3, -0.25) is 4.90 Å². The predicted octanol–water partition coefficient (Wildman–Crippen LogP) is -0.0350. The molecule has 0 saturated carbocycles. The predicted molar refractivity (Wildman–Crippen MR) is 58.6 cm³/mol. The first-order chi connectivity index (χ1) is 7.15. The van der Waals surface area contributed by atoms with Crippen LogP contribution < -0.4 is 0 Å². The van der Waals surface area contributed by atoms with E-state index in [2.05, 4.69) is 6.92 Å². The zero-order valence-corrected chi connectivity index (χ0v) is 9.47. The summed E-state index contributed by atoms with van der Waals surface area (Å²) in [5, 5.41) is 28.3. The summed E-state index contributed by atoms with van der Waals surface area (Å²) in [5.41, 5.74) is 0. The van der Waals surface area contributed by atoms with Crippen LogP contribution in [0.3, 0.4) is 0 Å². The first-order valence-electron chi connectivity index (χ1n) is 5.91. The third-order valence-corrected chi connectivity index (χ3v) is 3.01. The van der Waals surface area contributed by atoms with Crippen molar-refractivity contribution in [2.24, 2.45) is 0 Å². The first-order valence-corrected chi connectivity index (χ1v) is 5.91. The Morgan fingerprint density at radius 3 is 2.13 bits per heavy atom. The summed E-state index contributed by atoms with van der Waals surface area (Å²) in [6.07, 6.45) is 2.16. The molecule has 0 aliphatic carbocycles. The minimum Gasteiger partial charge on any atom is -0.389 e. The lowest BCUT2D eigenvalue weighted by Gasteiger charge is -2.36. The van der Waals surface area contributed by atoms with Crippen molar-refractivity contribution >= 4 is 0 Å². The van der Waals surface area contributed by atoms with Crippen molar-refractivity contribution in [3.63, 3.8) is 0 Å². The lowest BCUT2D eigenvalue weighted by molar-refractivity contribution is -0.109. The zero-order chi connectivity index (χ0) is 11.3. The van der Waals surface area contributed by atoms with Crippen LogP contribution in [0.25, 0.3) is 0 Å². The molecule has 1 aliphatic heterocycles. The molecule has 0 aromatic carbocycles. The number of unbranched alkanes of at least 4 members (excludes halogenated alkanes) is 3. The van der Waals surface area contributed by atoms with E-state index in [1.165, 1.54) is 19.3 Å². The number of hydrogen-bond donors (Lipinski definition) is 3. The summed E-state index contributed by atoms with van der Waals surface area (Å²) in [6.45, 7) is 4.03. The van der Waals surface area contributed by atoms with Gasteiger partial charge >= 0.3 is 0 Å². The molecule has 15 heavy (non-hydrogen) atoms. The van der Waals surface area contributed by atoms with Gasteiger partial charge in [0, 0.05) is 13.1 Å². The minimum absolute atomic E-state index is 0.477. The Bertz CT molecular complexity index is 165. The van der Waals surface area contributed by atoms with Crippen molar-refractivity contribution in [1.82, 2.24) is 4.90 Å². The molecule has 0 amide bonds. The highest BCUT2D eigenvalue weighted by Gasteiger charge is 2.32. The molecule has 0 bridgehead atoms. The molecule has 1 rings (SSSR count). The molecule has 1 saturated heterocycles. The number of nitrogens with zero attached hydrogens (tertiary/aromatic N) is 1. The van der Waals surface area contributed by atoms with Crippen molar-refractivity contribution in [2.75, 3.05) is 19.6 Å². The third kappa shape index (κ3) is 4.07. The highest BCUT2D eigenvalue weighted by atomic mass is 16.4. The molecular weight excluding hydrogens is 194 g/mol. The van der Waals surface area contributed by atoms with Gasteiger partial charge in [0.2, 0.25) is 0 Å². The van der Waals surface area contributed by atoms with E-state index in [0.717, 1.165) is 13.0 Å². The fraction of sp³-hybridized carbons (Fsp3) is 1.00. The molecule has 0 spiro atoms. The van der Waals surface area contributed by atoms with E-state index in [1.807, 2.05) is 4.90 Å². The average Bonchev–Trinajstić information content (AvgIpc) is 2.21. The van der Waals surface area contributed by atoms with E-state index >= 15 is 0 Å². The van der Waals surface area contributed by atoms with Gasteiger partial charge < -0.3 is 15.3 Å². The van der Waals surface area contributed by atoms with E-state index in [1.54, 1.807) is 0 Å². The maximum Gasteiger partial charge on any atom is 0.108 e. The minimum atomic E-state index is -0.975. The van der Waals surface area contributed by atoms with Crippen LogP contribution in [-0.2, 0) is 0 Å². The van der Waals surface area contributed by atoms with E-state index in [4.69, 9.17) is 0 Å². The van der Waals surface area contributed by atoms with Gasteiger partial charge in [-0.15, -0.1) is 0 Å². The Kier molecular flexibility index (Phi) is 5.53. The van der Waals surface area contributed by atoms with Crippen LogP contribution in [0.5, 0.6) is 0 Å². The van der Waals surface area contributed by atoms with Crippen LogP contribution in [-0.4, -0.2) is 58.2 Å². The average molecular weight is 217 g/mol. The smallest absolute Gasteiger partial charge is 0.108 e. The van der Waals surface area contributed by atoms with Crippen LogP contribution in [0.2, 0.25) is 0 Å². The summed E-state index contributed by atoms with van der Waals surface area (Å²) in [4.78, 5) is 2.03. The van der Waals surface area contributed by atoms with Gasteiger partial charge in [0.05, 0.1) is 12.2 Å². The molecule has 0 aromatic heterocycles. The topological polar surface area (TPSA) is 63.9 Å². The van der Waals surface area contributed by atoms with Gasteiger partial charge in [-0.2, -0.15) is 0 Å². The highest BCUT2D eigenvalue weighted by Crippen LogP contribution is 2.12. The van der Waals surface area contributed by atoms with E-state index in [-0.39, 0.29) is 0 Å². The molecule has 1 heterocycles. The van der Waals surface area contributed by atoms with Gasteiger partial charge in [-0.25, -0.2) is 0 Å². The van der Waals surface area contributed by atoms with Crippen LogP contribution in [0.4, 0.5) is 0 Å². The number of piperidine rings is 1. The molecule has 1 fully saturated rings. The molecular formula is C11H23NO3. The molecule has 4 heteroatoms. The Labute approximate surface area is 91.5 Å². The highest BCUT2D eigenvalue weighted by molar-refractivity contribution is 4.86. The molecule has 0 radical (unpaired) electrons. The summed E-state index contributed by atoms with van der Waals surface area (Å²) in [7, 11) is 0. The van der Waals surface area contributed by atoms with Crippen LogP contribution in [0.1, 0.15) is 32.6 Å². The van der Waals surface area contributed by atoms with Gasteiger partial charge in [0.25, 0.3) is 0 Å². The van der Waals surface area contributed by atoms with Crippen molar-refractivity contribution < 1.29 is 15.3 Å². The molecule has 3 atom stereocenters. The second-order valence-electron chi connectivity index (χ2n) is 4.45. The van der Waals surface area contributed by atoms with E-state index in [9.17, 15) is 15.3 Å². The Hall–Kier alpha value is -0.160. The van der Waals surface area contributed by atoms with Crippen molar-refractivity contribution in [1.29, 1.82) is 0 Å². The van der Waals surface area contributed by atoms with Crippen LogP contribution in [0, 0.1) is 0 Å². The summed E-state index contributed by atoms with van der Waals surface area (Å²) in [5.74, 6) is 0. The molecule has 1 unspecified atom stereocenters. The monoisotopic (exact) mass is 217 g/mol. The second-order valence-corrected chi connectivity index (χ2v) is 4.45. The second kappa shape index (κ2) is 6.43. The molecule has 0 aromatic rings. The maximum absolute atomic E-state index is 9.47. The summed E-state index contributed by atoms with van der Waals surface area (Å²) in [6, 6.07) is 0. The summed E-state index contributed by atoms with van der Waals surface area (Å²) < 4.78 is 0. The van der Waals surface area contributed by atoms with Crippen LogP contribution >= 0.6 is 0 Å². The zero-order valence-electron chi connectivity index (χ0n) is 9.47. The summed E-state index contributed by atoms with van der Waals surface area (Å²) >= 11 is 0. The standard InChI is InChI=1S/C11H23NO3/c1-2-3-4-5-6-12-7-9(13)11(15)10(14)8-12/h9-11,13-15H,2-8H2,1H3/t9-,10+,11?. The number of hydrogen-bond acceptors (Lipinski definition) is 4. The van der Waals surface area contributed by atoms with Crippen molar-refractivity contribution in [3.05, 3.63) is 0 Å². The number of aliphatic hydroxyl groups is 3. The normalized spacial score (nSPS) is 33.2. The third-order valence-electron chi connectivity index (χ3n) is 3.01. The maximum atomic E-state index is 9.47. The number of β-amino-alcohol motifs (C(OH)–C–C–N with tert-alkyl or cyclic N) is 2. The fourth-order valence-corrected chi connectivity index (χ4v) is 2.02. The quantitative estimate of drug-likeness (QED) is 0.566. The van der Waals surface area contributed by atoms with E-state index < -0.39 is 18.3 Å². The van der Waals surface area contributed by atoms with Gasteiger partial charge in [0.15, 0.2) is 0 Å². The number of rotatable bonds is 5. The largest absolute Gasteiger partial charge is 0.389 e. The van der Waals surface area contributed by atoms with Gasteiger partial charge in [0.1, 0.15) is 6.10 Å². The number of aliphatic hydroxyl groups excluding tert-OH is 3. The van der Waals surface area contributed by atoms with Gasteiger partial charge in [-0.1, -0.05) is 26.2 Å². The molecule has 90 valence electrons. The first kappa shape index (κ1) is 12.9. The number of likely N-dealkylation sites (tertiary alicyclic amines) is 1. The Morgan fingerprint density at radius 2 is 1.60 bits per heavy atom. The molecule has 4 nitrogen and oxygen atoms in total. The lowest BCUT2D eigenvalue weighted by atomic mass is 10.0. The fourth-order valence-electron chi connectivity index (χ4n) is 2.02. The molecule has 3 N–H and O–H groups in total. The molecule has 1 aliphatic rings. The Morgan fingerprint density at radius 1 is 1.00 bits per heavy atom. The van der Waals surface area contributed by atoms with Crippen LogP contribution in [0.15, 0.2) is 0 Å². The SMILES string of the molecule is CCCCCCN1C[C@@H](O)C(O)[C@@H](O)C1. The van der Waals surface area contributed by atoms with Gasteiger partial charge in [-0.05, 0) is 13.0 Å². The van der Waals surface area contributed by atoms with E-state index in [0.29, 0.717) is 13.1 Å². The Balaban J connectivity index is 2.20. The van der Waals surface area contributed by atoms with Crippen molar-refractivity contribution in [3.8, 4) is 0 Å².